The number of carbonyl (C=O) groups excluding carboxylic acids is 1. The van der Waals surface area contributed by atoms with E-state index in [4.69, 9.17) is 16.3 Å². The van der Waals surface area contributed by atoms with Crippen LogP contribution < -0.4 is 10.1 Å². The quantitative estimate of drug-likeness (QED) is 0.292. The molecule has 1 saturated heterocycles. The minimum absolute atomic E-state index is 0.138. The highest BCUT2D eigenvalue weighted by molar-refractivity contribution is 6.20. The summed E-state index contributed by atoms with van der Waals surface area (Å²) in [5.74, 6) is -0.564. The van der Waals surface area contributed by atoms with Crippen molar-refractivity contribution < 1.29 is 23.0 Å². The van der Waals surface area contributed by atoms with Crippen LogP contribution in [0.15, 0.2) is 73.3 Å². The lowest BCUT2D eigenvalue weighted by molar-refractivity contribution is -0.0964. The van der Waals surface area contributed by atoms with Crippen LogP contribution in [0.2, 0.25) is 0 Å². The normalized spacial score (nSPS) is 15.8. The first-order valence-corrected chi connectivity index (χ1v) is 12.0. The van der Waals surface area contributed by atoms with Gasteiger partial charge in [-0.2, -0.15) is 5.10 Å². The van der Waals surface area contributed by atoms with Gasteiger partial charge in [-0.1, -0.05) is 6.07 Å². The van der Waals surface area contributed by atoms with Crippen molar-refractivity contribution in [2.45, 2.75) is 31.1 Å². The standard InChI is InChI=1S/C26H22ClF2N5O3/c27-26(28,29)37-20-8-6-19(7-9-20)33-25(35)18-14-21(17-4-3-11-30-15-17)24(31-16-18)22-10-12-32-34(22)23-5-1-2-13-36-23/h3-4,6-12,14-16,23H,1-2,5,13H2,(H,33,35). The lowest BCUT2D eigenvalue weighted by Gasteiger charge is -2.24. The molecule has 4 aromatic rings. The molecule has 1 atom stereocenters. The number of hydrogen-bond donors (Lipinski definition) is 1. The number of ether oxygens (including phenoxy) is 2. The number of alkyl halides is 3. The van der Waals surface area contributed by atoms with E-state index in [1.807, 2.05) is 16.8 Å². The lowest BCUT2D eigenvalue weighted by Crippen LogP contribution is -2.20. The molecule has 1 aliphatic rings. The Morgan fingerprint density at radius 2 is 1.97 bits per heavy atom. The average Bonchev–Trinajstić information content (AvgIpc) is 3.39. The van der Waals surface area contributed by atoms with Gasteiger partial charge in [0.15, 0.2) is 6.23 Å². The monoisotopic (exact) mass is 525 g/mol. The molecule has 3 aromatic heterocycles. The van der Waals surface area contributed by atoms with Gasteiger partial charge in [0.05, 0.1) is 17.0 Å². The maximum Gasteiger partial charge on any atom is 0.487 e. The highest BCUT2D eigenvalue weighted by Gasteiger charge is 2.27. The van der Waals surface area contributed by atoms with Gasteiger partial charge in [-0.15, -0.1) is 8.78 Å². The van der Waals surface area contributed by atoms with Gasteiger partial charge in [-0.05, 0) is 61.7 Å². The average molecular weight is 526 g/mol. The summed E-state index contributed by atoms with van der Waals surface area (Å²) >= 11 is 4.79. The number of hydrogen-bond acceptors (Lipinski definition) is 6. The van der Waals surface area contributed by atoms with Crippen LogP contribution in [0.4, 0.5) is 14.5 Å². The first-order chi connectivity index (χ1) is 17.9. The van der Waals surface area contributed by atoms with Crippen LogP contribution in [0.3, 0.4) is 0 Å². The number of benzene rings is 1. The molecule has 190 valence electrons. The zero-order valence-corrected chi connectivity index (χ0v) is 20.2. The van der Waals surface area contributed by atoms with Gasteiger partial charge in [0.1, 0.15) is 5.75 Å². The van der Waals surface area contributed by atoms with E-state index in [0.717, 1.165) is 30.5 Å². The number of nitrogens with zero attached hydrogens (tertiary/aromatic N) is 4. The van der Waals surface area contributed by atoms with Gasteiger partial charge in [0, 0.05) is 59.8 Å². The number of amides is 1. The van der Waals surface area contributed by atoms with Crippen molar-refractivity contribution in [1.82, 2.24) is 19.7 Å². The van der Waals surface area contributed by atoms with E-state index >= 15 is 0 Å². The smallest absolute Gasteiger partial charge is 0.420 e. The van der Waals surface area contributed by atoms with Gasteiger partial charge < -0.3 is 14.8 Å². The molecule has 37 heavy (non-hydrogen) atoms. The summed E-state index contributed by atoms with van der Waals surface area (Å²) in [6.07, 6.45) is 9.29. The van der Waals surface area contributed by atoms with Crippen LogP contribution in [-0.2, 0) is 4.74 Å². The molecule has 0 spiro atoms. The predicted molar refractivity (Wildman–Crippen MR) is 133 cm³/mol. The molecule has 0 radical (unpaired) electrons. The van der Waals surface area contributed by atoms with Crippen molar-refractivity contribution in [1.29, 1.82) is 0 Å². The second-order valence-electron chi connectivity index (χ2n) is 8.37. The molecule has 5 rings (SSSR count). The fourth-order valence-corrected chi connectivity index (χ4v) is 4.22. The topological polar surface area (TPSA) is 91.2 Å². The molecule has 8 nitrogen and oxygen atoms in total. The van der Waals surface area contributed by atoms with Gasteiger partial charge in [-0.3, -0.25) is 14.8 Å². The Hall–Kier alpha value is -3.89. The molecule has 1 aliphatic heterocycles. The van der Waals surface area contributed by atoms with Crippen LogP contribution in [-0.4, -0.2) is 37.8 Å². The van der Waals surface area contributed by atoms with E-state index in [1.165, 1.54) is 30.5 Å². The molecule has 0 saturated carbocycles. The van der Waals surface area contributed by atoms with Crippen molar-refractivity contribution >= 4 is 23.2 Å². The molecular formula is C26H22ClF2N5O3. The maximum atomic E-state index is 13.0. The highest BCUT2D eigenvalue weighted by Crippen LogP contribution is 2.34. The SMILES string of the molecule is O=C(Nc1ccc(OC(F)(F)Cl)cc1)c1cnc(-c2ccnn2C2CCCCO2)c(-c2cccnc2)c1. The Kier molecular flexibility index (Phi) is 7.11. The highest BCUT2D eigenvalue weighted by atomic mass is 35.5. The van der Waals surface area contributed by atoms with Gasteiger partial charge in [0.25, 0.3) is 5.91 Å². The van der Waals surface area contributed by atoms with Crippen molar-refractivity contribution in [3.05, 3.63) is 78.9 Å². The summed E-state index contributed by atoms with van der Waals surface area (Å²) in [5.41, 5.74) is -0.250. The second kappa shape index (κ2) is 10.6. The third kappa shape index (κ3) is 5.92. The third-order valence-corrected chi connectivity index (χ3v) is 5.89. The number of anilines is 1. The Morgan fingerprint density at radius 3 is 2.68 bits per heavy atom. The third-order valence-electron chi connectivity index (χ3n) is 5.81. The Morgan fingerprint density at radius 1 is 1.14 bits per heavy atom. The molecular weight excluding hydrogens is 504 g/mol. The van der Waals surface area contributed by atoms with E-state index in [-0.39, 0.29) is 12.0 Å². The van der Waals surface area contributed by atoms with Gasteiger partial charge in [-0.25, -0.2) is 4.68 Å². The summed E-state index contributed by atoms with van der Waals surface area (Å²) in [4.78, 5) is 21.9. The minimum atomic E-state index is -3.82. The molecule has 1 N–H and O–H groups in total. The van der Waals surface area contributed by atoms with Crippen molar-refractivity contribution in [3.8, 4) is 28.3 Å². The van der Waals surface area contributed by atoms with Gasteiger partial charge >= 0.3 is 5.57 Å². The molecule has 1 fully saturated rings. The minimum Gasteiger partial charge on any atom is -0.420 e. The van der Waals surface area contributed by atoms with E-state index in [9.17, 15) is 13.6 Å². The van der Waals surface area contributed by atoms with Crippen LogP contribution in [0.25, 0.3) is 22.5 Å². The summed E-state index contributed by atoms with van der Waals surface area (Å²) in [6, 6.07) is 12.7. The van der Waals surface area contributed by atoms with Crippen LogP contribution >= 0.6 is 11.6 Å². The predicted octanol–water partition coefficient (Wildman–Crippen LogP) is 6.13. The zero-order valence-electron chi connectivity index (χ0n) is 19.5. The lowest BCUT2D eigenvalue weighted by atomic mass is 10.0. The molecule has 0 bridgehead atoms. The maximum absolute atomic E-state index is 13.0. The number of aromatic nitrogens is 4. The second-order valence-corrected chi connectivity index (χ2v) is 8.81. The van der Waals surface area contributed by atoms with Crippen molar-refractivity contribution in [3.63, 3.8) is 0 Å². The number of pyridine rings is 2. The Balaban J connectivity index is 1.45. The van der Waals surface area contributed by atoms with Crippen molar-refractivity contribution in [2.24, 2.45) is 0 Å². The van der Waals surface area contributed by atoms with E-state index < -0.39 is 11.5 Å². The molecule has 1 aromatic carbocycles. The molecule has 4 heterocycles. The number of carbonyl (C=O) groups is 1. The number of nitrogens with one attached hydrogen (secondary N) is 1. The first kappa shape index (κ1) is 24.8. The number of halogens is 3. The zero-order chi connectivity index (χ0) is 25.8. The molecule has 11 heteroatoms. The Labute approximate surface area is 216 Å². The van der Waals surface area contributed by atoms with Crippen LogP contribution in [0.5, 0.6) is 5.75 Å². The van der Waals surface area contributed by atoms with Crippen LogP contribution in [0, 0.1) is 0 Å². The van der Waals surface area contributed by atoms with E-state index in [2.05, 4.69) is 25.1 Å². The Bertz CT molecular complexity index is 1370. The molecule has 1 unspecified atom stereocenters. The molecule has 1 amide bonds. The summed E-state index contributed by atoms with van der Waals surface area (Å²) < 4.78 is 37.7. The van der Waals surface area contributed by atoms with Crippen LogP contribution in [0.1, 0.15) is 35.8 Å². The molecule has 0 aliphatic carbocycles. The number of rotatable bonds is 7. The summed E-state index contributed by atoms with van der Waals surface area (Å²) in [5, 5.41) is 7.22. The van der Waals surface area contributed by atoms with E-state index in [1.54, 1.807) is 30.7 Å². The fraction of sp³-hybridized carbons (Fsp3) is 0.231. The summed E-state index contributed by atoms with van der Waals surface area (Å²) in [6.45, 7) is 0.674. The first-order valence-electron chi connectivity index (χ1n) is 11.6. The summed E-state index contributed by atoms with van der Waals surface area (Å²) in [7, 11) is 0. The van der Waals surface area contributed by atoms with Gasteiger partial charge in [0.2, 0.25) is 0 Å². The largest absolute Gasteiger partial charge is 0.487 e. The van der Waals surface area contributed by atoms with E-state index in [0.29, 0.717) is 29.1 Å². The van der Waals surface area contributed by atoms with Crippen molar-refractivity contribution in [2.75, 3.05) is 11.9 Å². The fourth-order valence-electron chi connectivity index (χ4n) is 4.13.